The van der Waals surface area contributed by atoms with Crippen LogP contribution in [0.1, 0.15) is 12.5 Å². The summed E-state index contributed by atoms with van der Waals surface area (Å²) in [5.74, 6) is 0. The van der Waals surface area contributed by atoms with Crippen LogP contribution in [0.25, 0.3) is 11.1 Å². The molecule has 0 amide bonds. The minimum Gasteiger partial charge on any atom is -0.409 e. The van der Waals surface area contributed by atoms with E-state index in [-0.39, 0.29) is 0 Å². The Morgan fingerprint density at radius 1 is 1.47 bits per heavy atom. The topological polar surface area (TPSA) is 35.3 Å². The van der Waals surface area contributed by atoms with Crippen molar-refractivity contribution in [1.82, 2.24) is 4.98 Å². The monoisotopic (exact) mass is 213 g/mol. The highest BCUT2D eigenvalue weighted by molar-refractivity contribution is 5.73. The van der Waals surface area contributed by atoms with Gasteiger partial charge < -0.3 is 9.15 Å². The molecule has 0 aliphatic rings. The Balaban J connectivity index is 2.37. The Morgan fingerprint density at radius 2 is 2.27 bits per heavy atom. The van der Waals surface area contributed by atoms with Gasteiger partial charge in [0.05, 0.1) is 0 Å². The Labute approximate surface area is 84.7 Å². The van der Waals surface area contributed by atoms with Gasteiger partial charge in [0.1, 0.15) is 5.52 Å². The normalized spacial score (nSPS) is 11.2. The highest BCUT2D eigenvalue weighted by Gasteiger charge is 2.11. The second-order valence-electron chi connectivity index (χ2n) is 3.01. The molecule has 0 atom stereocenters. The molecule has 1 heterocycles. The lowest BCUT2D eigenvalue weighted by Crippen LogP contribution is -2.01. The maximum atomic E-state index is 11.9. The molecule has 2 aromatic rings. The van der Waals surface area contributed by atoms with Gasteiger partial charge in [-0.05, 0) is 24.1 Å². The third-order valence-electron chi connectivity index (χ3n) is 2.03. The molecule has 1 aromatic carbocycles. The van der Waals surface area contributed by atoms with Gasteiger partial charge in [-0.3, -0.25) is 0 Å². The van der Waals surface area contributed by atoms with E-state index >= 15 is 0 Å². The van der Waals surface area contributed by atoms with Crippen LogP contribution in [0.4, 0.5) is 8.78 Å². The molecule has 15 heavy (non-hydrogen) atoms. The van der Waals surface area contributed by atoms with Crippen molar-refractivity contribution < 1.29 is 17.9 Å². The number of halogens is 2. The standard InChI is InChI=1S/C10H9F2NO2/c1-2-6-3-4-7-8(5-6)14-10(13-7)15-9(11)12/h3-5,9H,2H2,1H3. The van der Waals surface area contributed by atoms with E-state index in [1.54, 1.807) is 12.1 Å². The van der Waals surface area contributed by atoms with E-state index in [0.717, 1.165) is 12.0 Å². The largest absolute Gasteiger partial charge is 0.409 e. The maximum Gasteiger partial charge on any atom is 0.399 e. The average Bonchev–Trinajstić information content (AvgIpc) is 2.57. The number of benzene rings is 1. The number of alkyl halides is 2. The number of ether oxygens (including phenoxy) is 1. The van der Waals surface area contributed by atoms with Gasteiger partial charge in [-0.1, -0.05) is 13.0 Å². The number of aromatic nitrogens is 1. The lowest BCUT2D eigenvalue weighted by molar-refractivity contribution is -0.0664. The van der Waals surface area contributed by atoms with Gasteiger partial charge in [0.2, 0.25) is 0 Å². The molecule has 80 valence electrons. The summed E-state index contributed by atoms with van der Waals surface area (Å²) in [6, 6.07) is 5.35. The summed E-state index contributed by atoms with van der Waals surface area (Å²) < 4.78 is 32.8. The first kappa shape index (κ1) is 9.89. The fraction of sp³-hybridized carbons (Fsp3) is 0.300. The zero-order valence-electron chi connectivity index (χ0n) is 8.04. The molecule has 0 saturated heterocycles. The fourth-order valence-electron chi connectivity index (χ4n) is 1.29. The van der Waals surface area contributed by atoms with Gasteiger partial charge >= 0.3 is 12.7 Å². The van der Waals surface area contributed by atoms with Gasteiger partial charge in [0, 0.05) is 0 Å². The zero-order chi connectivity index (χ0) is 10.8. The predicted molar refractivity (Wildman–Crippen MR) is 50.0 cm³/mol. The molecule has 5 heteroatoms. The molecule has 0 aliphatic carbocycles. The first-order valence-corrected chi connectivity index (χ1v) is 4.53. The van der Waals surface area contributed by atoms with Crippen LogP contribution in [0.5, 0.6) is 6.08 Å². The van der Waals surface area contributed by atoms with E-state index in [4.69, 9.17) is 4.42 Å². The van der Waals surface area contributed by atoms with E-state index in [1.807, 2.05) is 13.0 Å². The Morgan fingerprint density at radius 3 is 2.93 bits per heavy atom. The summed E-state index contributed by atoms with van der Waals surface area (Å²) >= 11 is 0. The van der Waals surface area contributed by atoms with Crippen molar-refractivity contribution in [3.63, 3.8) is 0 Å². The molecule has 3 nitrogen and oxygen atoms in total. The molecule has 0 aliphatic heterocycles. The molecule has 0 unspecified atom stereocenters. The SMILES string of the molecule is CCc1ccc2nc(OC(F)F)oc2c1. The summed E-state index contributed by atoms with van der Waals surface area (Å²) in [6.45, 7) is -0.919. The Bertz CT molecular complexity index is 467. The minimum atomic E-state index is -2.91. The molecular weight excluding hydrogens is 204 g/mol. The van der Waals surface area contributed by atoms with Crippen molar-refractivity contribution in [2.75, 3.05) is 0 Å². The van der Waals surface area contributed by atoms with Crippen LogP contribution in [0.3, 0.4) is 0 Å². The zero-order valence-corrected chi connectivity index (χ0v) is 8.04. The van der Waals surface area contributed by atoms with Crippen LogP contribution >= 0.6 is 0 Å². The summed E-state index contributed by atoms with van der Waals surface area (Å²) in [5.41, 5.74) is 2.04. The number of oxazole rings is 1. The van der Waals surface area contributed by atoms with E-state index in [2.05, 4.69) is 9.72 Å². The van der Waals surface area contributed by atoms with Gasteiger partial charge in [-0.25, -0.2) is 0 Å². The van der Waals surface area contributed by atoms with Crippen molar-refractivity contribution in [2.24, 2.45) is 0 Å². The summed E-state index contributed by atoms with van der Waals surface area (Å²) in [4.78, 5) is 3.76. The number of aryl methyl sites for hydroxylation is 1. The Hall–Kier alpha value is -1.65. The minimum absolute atomic E-state index is 0.395. The molecule has 0 saturated carbocycles. The highest BCUT2D eigenvalue weighted by Crippen LogP contribution is 2.22. The van der Waals surface area contributed by atoms with Crippen LogP contribution < -0.4 is 4.74 Å². The van der Waals surface area contributed by atoms with Crippen LogP contribution in [-0.2, 0) is 6.42 Å². The third kappa shape index (κ3) is 2.06. The lowest BCUT2D eigenvalue weighted by Gasteiger charge is -1.95. The van der Waals surface area contributed by atoms with E-state index < -0.39 is 12.7 Å². The van der Waals surface area contributed by atoms with Gasteiger partial charge in [0.15, 0.2) is 5.58 Å². The average molecular weight is 213 g/mol. The fourth-order valence-corrected chi connectivity index (χ4v) is 1.29. The quantitative estimate of drug-likeness (QED) is 0.786. The molecule has 0 spiro atoms. The number of fused-ring (bicyclic) bond motifs is 1. The van der Waals surface area contributed by atoms with Crippen LogP contribution in [0, 0.1) is 0 Å². The smallest absolute Gasteiger partial charge is 0.399 e. The third-order valence-corrected chi connectivity index (χ3v) is 2.03. The van der Waals surface area contributed by atoms with Crippen LogP contribution in [0.15, 0.2) is 22.6 Å². The van der Waals surface area contributed by atoms with Crippen molar-refractivity contribution in [3.05, 3.63) is 23.8 Å². The second kappa shape index (κ2) is 3.84. The van der Waals surface area contributed by atoms with Crippen LogP contribution in [-0.4, -0.2) is 11.6 Å². The van der Waals surface area contributed by atoms with Crippen molar-refractivity contribution in [1.29, 1.82) is 0 Å². The van der Waals surface area contributed by atoms with Crippen molar-refractivity contribution in [2.45, 2.75) is 20.0 Å². The number of rotatable bonds is 3. The number of hydrogen-bond donors (Lipinski definition) is 0. The van der Waals surface area contributed by atoms with Crippen molar-refractivity contribution >= 4 is 11.1 Å². The first-order valence-electron chi connectivity index (χ1n) is 4.53. The highest BCUT2D eigenvalue weighted by atomic mass is 19.3. The van der Waals surface area contributed by atoms with E-state index in [9.17, 15) is 8.78 Å². The van der Waals surface area contributed by atoms with Gasteiger partial charge in [0.25, 0.3) is 0 Å². The van der Waals surface area contributed by atoms with E-state index in [1.165, 1.54) is 0 Å². The van der Waals surface area contributed by atoms with Crippen LogP contribution in [0.2, 0.25) is 0 Å². The molecule has 1 aromatic heterocycles. The molecular formula is C10H9F2NO2. The number of hydrogen-bond acceptors (Lipinski definition) is 3. The van der Waals surface area contributed by atoms with Gasteiger partial charge in [-0.15, -0.1) is 0 Å². The summed E-state index contributed by atoms with van der Waals surface area (Å²) in [6.07, 6.45) is 0.454. The lowest BCUT2D eigenvalue weighted by atomic mass is 10.2. The predicted octanol–water partition coefficient (Wildman–Crippen LogP) is 2.99. The number of nitrogens with zero attached hydrogens (tertiary/aromatic N) is 1. The summed E-state index contributed by atoms with van der Waals surface area (Å²) in [5, 5.41) is 0. The van der Waals surface area contributed by atoms with Gasteiger partial charge in [-0.2, -0.15) is 13.8 Å². The van der Waals surface area contributed by atoms with E-state index in [0.29, 0.717) is 11.1 Å². The molecule has 0 bridgehead atoms. The molecule has 0 radical (unpaired) electrons. The second-order valence-corrected chi connectivity index (χ2v) is 3.01. The molecule has 2 rings (SSSR count). The first-order chi connectivity index (χ1) is 7.19. The maximum absolute atomic E-state index is 11.9. The molecule has 0 N–H and O–H groups in total. The molecule has 0 fully saturated rings. The summed E-state index contributed by atoms with van der Waals surface area (Å²) in [7, 11) is 0. The Kier molecular flexibility index (Phi) is 2.53. The van der Waals surface area contributed by atoms with Crippen molar-refractivity contribution in [3.8, 4) is 6.08 Å².